The number of nitrogens with one attached hydrogen (secondary N) is 1. The molecule has 0 spiro atoms. The Morgan fingerprint density at radius 2 is 2.22 bits per heavy atom. The van der Waals surface area contributed by atoms with Gasteiger partial charge in [-0.25, -0.2) is 4.98 Å². The molecule has 138 valence electrons. The Morgan fingerprint density at radius 1 is 1.41 bits per heavy atom. The van der Waals surface area contributed by atoms with Crippen LogP contribution in [0.25, 0.3) is 21.7 Å². The molecule has 0 amide bonds. The average molecular weight is 379 g/mol. The quantitative estimate of drug-likeness (QED) is 0.730. The molecule has 3 aliphatic rings. The summed E-state index contributed by atoms with van der Waals surface area (Å²) in [6.45, 7) is 8.61. The van der Waals surface area contributed by atoms with Crippen LogP contribution in [-0.4, -0.2) is 34.6 Å². The molecule has 1 N–H and O–H groups in total. The smallest absolute Gasteiger partial charge is 0.298 e. The second-order valence-corrected chi connectivity index (χ2v) is 9.47. The van der Waals surface area contributed by atoms with Gasteiger partial charge in [0.2, 0.25) is 0 Å². The number of piperazine rings is 1. The van der Waals surface area contributed by atoms with E-state index in [-0.39, 0.29) is 11.0 Å². The Balaban J connectivity index is 1.58. The number of hydrogen-bond donors (Lipinski definition) is 1. The van der Waals surface area contributed by atoms with E-state index >= 15 is 0 Å². The van der Waals surface area contributed by atoms with Crippen LogP contribution in [0.3, 0.4) is 0 Å². The van der Waals surface area contributed by atoms with E-state index in [1.54, 1.807) is 12.3 Å². The molecule has 6 nitrogen and oxygen atoms in total. The van der Waals surface area contributed by atoms with Crippen molar-refractivity contribution >= 4 is 28.5 Å². The van der Waals surface area contributed by atoms with Gasteiger partial charge in [0.05, 0.1) is 17.2 Å². The third kappa shape index (κ3) is 2.47. The van der Waals surface area contributed by atoms with E-state index in [1.807, 2.05) is 11.4 Å². The SMILES string of the molecule is CC(C)(C)C12CC(CN(c3nc4cc(C#N)cc(-c5nccs5)c4o3)C1)N2. The molecule has 3 fully saturated rings. The maximum absolute atomic E-state index is 9.39. The fourth-order valence-electron chi connectivity index (χ4n) is 4.31. The lowest BCUT2D eigenvalue weighted by molar-refractivity contribution is 0.00504. The van der Waals surface area contributed by atoms with Gasteiger partial charge in [0.25, 0.3) is 6.01 Å². The van der Waals surface area contributed by atoms with Gasteiger partial charge in [-0.15, -0.1) is 11.3 Å². The van der Waals surface area contributed by atoms with Crippen LogP contribution in [0, 0.1) is 16.7 Å². The lowest BCUT2D eigenvalue weighted by Crippen LogP contribution is -2.80. The Hall–Kier alpha value is -2.43. The zero-order chi connectivity index (χ0) is 18.8. The minimum absolute atomic E-state index is 0.0898. The summed E-state index contributed by atoms with van der Waals surface area (Å²) < 4.78 is 6.23. The fraction of sp³-hybridized carbons (Fsp3) is 0.450. The highest BCUT2D eigenvalue weighted by molar-refractivity contribution is 7.13. The van der Waals surface area contributed by atoms with E-state index in [0.29, 0.717) is 28.7 Å². The van der Waals surface area contributed by atoms with Gasteiger partial charge in [-0.1, -0.05) is 20.8 Å². The molecule has 5 heterocycles. The Bertz CT molecular complexity index is 1050. The number of nitriles is 1. The van der Waals surface area contributed by atoms with Crippen molar-refractivity contribution < 1.29 is 4.42 Å². The third-order valence-electron chi connectivity index (χ3n) is 5.95. The summed E-state index contributed by atoms with van der Waals surface area (Å²) in [6, 6.07) is 6.96. The summed E-state index contributed by atoms with van der Waals surface area (Å²) in [5.41, 5.74) is 3.08. The van der Waals surface area contributed by atoms with Gasteiger partial charge >= 0.3 is 0 Å². The average Bonchev–Trinajstić information content (AvgIpc) is 3.28. The molecular weight excluding hydrogens is 358 g/mol. The molecule has 0 saturated carbocycles. The number of oxazole rings is 1. The summed E-state index contributed by atoms with van der Waals surface area (Å²) >= 11 is 1.53. The highest BCUT2D eigenvalue weighted by Crippen LogP contribution is 2.46. The molecule has 3 aromatic rings. The van der Waals surface area contributed by atoms with Crippen molar-refractivity contribution in [2.75, 3.05) is 18.0 Å². The number of thiazole rings is 1. The topological polar surface area (TPSA) is 78.0 Å². The van der Waals surface area contributed by atoms with Crippen molar-refractivity contribution in [3.8, 4) is 16.6 Å². The first kappa shape index (κ1) is 16.7. The Labute approximate surface area is 161 Å². The number of nitrogens with zero attached hydrogens (tertiary/aromatic N) is 4. The van der Waals surface area contributed by atoms with Crippen LogP contribution in [0.1, 0.15) is 32.8 Å². The molecule has 0 aliphatic carbocycles. The lowest BCUT2D eigenvalue weighted by atomic mass is 9.62. The van der Waals surface area contributed by atoms with Gasteiger partial charge in [0, 0.05) is 36.2 Å². The first-order valence-electron chi connectivity index (χ1n) is 9.16. The summed E-state index contributed by atoms with van der Waals surface area (Å²) in [4.78, 5) is 11.4. The summed E-state index contributed by atoms with van der Waals surface area (Å²) in [6.07, 6.45) is 2.95. The lowest BCUT2D eigenvalue weighted by Gasteiger charge is -2.62. The predicted molar refractivity (Wildman–Crippen MR) is 106 cm³/mol. The minimum Gasteiger partial charge on any atom is -0.423 e. The van der Waals surface area contributed by atoms with E-state index < -0.39 is 0 Å². The maximum atomic E-state index is 9.39. The monoisotopic (exact) mass is 379 g/mol. The van der Waals surface area contributed by atoms with Crippen molar-refractivity contribution in [2.45, 2.75) is 38.8 Å². The second kappa shape index (κ2) is 5.54. The first-order valence-corrected chi connectivity index (χ1v) is 10.0. The molecule has 0 radical (unpaired) electrons. The Morgan fingerprint density at radius 3 is 2.89 bits per heavy atom. The van der Waals surface area contributed by atoms with Gasteiger partial charge in [-0.3, -0.25) is 0 Å². The van der Waals surface area contributed by atoms with E-state index in [4.69, 9.17) is 9.40 Å². The standard InChI is InChI=1S/C20H21N5OS/c1-19(2,3)20-8-13(24-20)10-25(11-20)18-23-15-7-12(9-21)6-14(16(15)26-18)17-22-4-5-27-17/h4-7,13,24H,8,10-11H2,1-3H3. The number of benzene rings is 1. The largest absolute Gasteiger partial charge is 0.423 e. The molecule has 7 heteroatoms. The molecular formula is C20H21N5OS. The van der Waals surface area contributed by atoms with Gasteiger partial charge in [0.15, 0.2) is 5.58 Å². The molecule has 2 aromatic heterocycles. The fourth-order valence-corrected chi connectivity index (χ4v) is 4.96. The number of hydrogen-bond acceptors (Lipinski definition) is 7. The Kier molecular flexibility index (Phi) is 3.43. The highest BCUT2D eigenvalue weighted by atomic mass is 32.1. The van der Waals surface area contributed by atoms with Crippen molar-refractivity contribution in [3.05, 3.63) is 29.3 Å². The van der Waals surface area contributed by atoms with Gasteiger partial charge in [-0.2, -0.15) is 10.2 Å². The molecule has 6 rings (SSSR count). The number of piperidine rings is 1. The van der Waals surface area contributed by atoms with Crippen LogP contribution in [0.2, 0.25) is 0 Å². The molecule has 27 heavy (non-hydrogen) atoms. The zero-order valence-electron chi connectivity index (χ0n) is 15.6. The minimum atomic E-state index is 0.0898. The van der Waals surface area contributed by atoms with Crippen LogP contribution in [-0.2, 0) is 0 Å². The van der Waals surface area contributed by atoms with Crippen LogP contribution in [0.15, 0.2) is 28.1 Å². The normalized spacial score (nSPS) is 24.7. The number of fused-ring (bicyclic) bond motifs is 3. The number of aromatic nitrogens is 2. The van der Waals surface area contributed by atoms with Crippen molar-refractivity contribution in [3.63, 3.8) is 0 Å². The summed E-state index contributed by atoms with van der Waals surface area (Å²) in [5.74, 6) is 0. The van der Waals surface area contributed by atoms with E-state index in [1.165, 1.54) is 17.8 Å². The van der Waals surface area contributed by atoms with Crippen molar-refractivity contribution in [1.29, 1.82) is 5.26 Å². The van der Waals surface area contributed by atoms with Crippen LogP contribution >= 0.6 is 11.3 Å². The maximum Gasteiger partial charge on any atom is 0.298 e. The van der Waals surface area contributed by atoms with E-state index in [0.717, 1.165) is 23.7 Å². The zero-order valence-corrected chi connectivity index (χ0v) is 16.4. The first-order chi connectivity index (χ1) is 12.9. The van der Waals surface area contributed by atoms with E-state index in [2.05, 4.69) is 42.0 Å². The van der Waals surface area contributed by atoms with Crippen LogP contribution in [0.4, 0.5) is 6.01 Å². The predicted octanol–water partition coefficient (Wildman–Crippen LogP) is 3.79. The van der Waals surface area contributed by atoms with Crippen LogP contribution in [0.5, 0.6) is 0 Å². The van der Waals surface area contributed by atoms with Crippen molar-refractivity contribution in [1.82, 2.24) is 15.3 Å². The molecule has 3 saturated heterocycles. The molecule has 2 atom stereocenters. The molecule has 1 aromatic carbocycles. The summed E-state index contributed by atoms with van der Waals surface area (Å²) in [5, 5.41) is 15.9. The van der Waals surface area contributed by atoms with E-state index in [9.17, 15) is 5.26 Å². The van der Waals surface area contributed by atoms with Crippen molar-refractivity contribution in [2.24, 2.45) is 5.41 Å². The number of anilines is 1. The third-order valence-corrected chi connectivity index (χ3v) is 6.76. The van der Waals surface area contributed by atoms with Gasteiger partial charge in [0.1, 0.15) is 10.5 Å². The van der Waals surface area contributed by atoms with Crippen LogP contribution < -0.4 is 10.2 Å². The number of rotatable bonds is 2. The molecule has 2 bridgehead atoms. The highest BCUT2D eigenvalue weighted by Gasteiger charge is 2.56. The van der Waals surface area contributed by atoms with Gasteiger partial charge < -0.3 is 14.6 Å². The summed E-state index contributed by atoms with van der Waals surface area (Å²) in [7, 11) is 0. The second-order valence-electron chi connectivity index (χ2n) is 8.58. The molecule has 2 unspecified atom stereocenters. The van der Waals surface area contributed by atoms with Gasteiger partial charge in [-0.05, 0) is 24.0 Å². The molecule has 3 aliphatic heterocycles.